The van der Waals surface area contributed by atoms with E-state index in [4.69, 9.17) is 0 Å². The van der Waals surface area contributed by atoms with E-state index in [1.807, 2.05) is 18.2 Å². The summed E-state index contributed by atoms with van der Waals surface area (Å²) in [4.78, 5) is 14.1. The molecule has 0 atom stereocenters. The lowest BCUT2D eigenvalue weighted by Gasteiger charge is -2.32. The van der Waals surface area contributed by atoms with Gasteiger partial charge >= 0.3 is 0 Å². The maximum Gasteiger partial charge on any atom is 0.257 e. The number of hydrogen-bond donors (Lipinski definition) is 1. The Morgan fingerprint density at radius 1 is 1.00 bits per heavy atom. The van der Waals surface area contributed by atoms with Crippen LogP contribution < -0.4 is 5.32 Å². The van der Waals surface area contributed by atoms with Crippen molar-refractivity contribution >= 4 is 5.91 Å². The van der Waals surface area contributed by atoms with Crippen molar-refractivity contribution in [3.63, 3.8) is 0 Å². The zero-order valence-electron chi connectivity index (χ0n) is 14.4. The number of carbonyl (C=O) groups is 1. The van der Waals surface area contributed by atoms with Crippen LogP contribution in [0.1, 0.15) is 34.7 Å². The van der Waals surface area contributed by atoms with E-state index in [0.29, 0.717) is 18.5 Å². The van der Waals surface area contributed by atoms with Crippen molar-refractivity contribution < 1.29 is 18.0 Å². The van der Waals surface area contributed by atoms with Crippen molar-refractivity contribution in [3.05, 3.63) is 71.0 Å². The number of nitrogens with one attached hydrogen (secondary N) is 1. The summed E-state index contributed by atoms with van der Waals surface area (Å²) in [6.45, 7) is 2.65. The van der Waals surface area contributed by atoms with Crippen molar-refractivity contribution in [1.29, 1.82) is 0 Å². The van der Waals surface area contributed by atoms with Crippen LogP contribution in [-0.2, 0) is 0 Å². The minimum absolute atomic E-state index is 0.254. The fourth-order valence-electron chi connectivity index (χ4n) is 3.37. The van der Waals surface area contributed by atoms with Gasteiger partial charge in [0.1, 0.15) is 11.4 Å². The summed E-state index contributed by atoms with van der Waals surface area (Å²) >= 11 is 0. The second-order valence-corrected chi connectivity index (χ2v) is 6.50. The maximum absolute atomic E-state index is 13.6. The Hall–Kier alpha value is -2.34. The normalized spacial score (nSPS) is 15.8. The summed E-state index contributed by atoms with van der Waals surface area (Å²) in [6, 6.07) is 11.8. The molecular weight excluding hydrogens is 341 g/mol. The molecule has 0 aliphatic carbocycles. The van der Waals surface area contributed by atoms with Crippen LogP contribution >= 0.6 is 0 Å². The number of likely N-dealkylation sites (tertiary alicyclic amines) is 1. The molecule has 0 unspecified atom stereocenters. The number of amides is 1. The molecule has 26 heavy (non-hydrogen) atoms. The second-order valence-electron chi connectivity index (χ2n) is 6.50. The Balaban J connectivity index is 1.46. The number of rotatable bonds is 5. The van der Waals surface area contributed by atoms with Gasteiger partial charge in [-0.05, 0) is 49.5 Å². The van der Waals surface area contributed by atoms with E-state index in [2.05, 4.69) is 22.3 Å². The summed E-state index contributed by atoms with van der Waals surface area (Å²) in [5, 5.41) is 2.47. The number of benzene rings is 2. The molecule has 1 saturated heterocycles. The van der Waals surface area contributed by atoms with Crippen LogP contribution in [0.15, 0.2) is 42.5 Å². The predicted molar refractivity (Wildman–Crippen MR) is 93.5 cm³/mol. The Morgan fingerprint density at radius 2 is 1.65 bits per heavy atom. The lowest BCUT2D eigenvalue weighted by Crippen LogP contribution is -2.39. The van der Waals surface area contributed by atoms with E-state index in [1.54, 1.807) is 0 Å². The van der Waals surface area contributed by atoms with Crippen LogP contribution in [0.25, 0.3) is 0 Å². The highest BCUT2D eigenvalue weighted by atomic mass is 19.2. The number of hydrogen-bond acceptors (Lipinski definition) is 2. The molecule has 0 saturated carbocycles. The van der Waals surface area contributed by atoms with E-state index >= 15 is 0 Å². The third kappa shape index (κ3) is 4.25. The highest BCUT2D eigenvalue weighted by Gasteiger charge is 2.22. The zero-order chi connectivity index (χ0) is 18.5. The molecule has 3 rings (SSSR count). The van der Waals surface area contributed by atoms with Crippen molar-refractivity contribution in [2.45, 2.75) is 18.8 Å². The van der Waals surface area contributed by atoms with Gasteiger partial charge in [0.05, 0.1) is 0 Å². The predicted octanol–water partition coefficient (Wildman–Crippen LogP) is 3.71. The van der Waals surface area contributed by atoms with E-state index < -0.39 is 28.9 Å². The summed E-state index contributed by atoms with van der Waals surface area (Å²) in [5.41, 5.74) is 0.477. The fourth-order valence-corrected chi connectivity index (χ4v) is 3.37. The van der Waals surface area contributed by atoms with Gasteiger partial charge in [-0.2, -0.15) is 0 Å². The summed E-state index contributed by atoms with van der Waals surface area (Å²) < 4.78 is 40.4. The van der Waals surface area contributed by atoms with Gasteiger partial charge in [0.15, 0.2) is 11.6 Å². The first-order chi connectivity index (χ1) is 12.6. The molecule has 3 nitrogen and oxygen atoms in total. The van der Waals surface area contributed by atoms with Crippen LogP contribution in [-0.4, -0.2) is 37.0 Å². The average molecular weight is 362 g/mol. The zero-order valence-corrected chi connectivity index (χ0v) is 14.4. The second kappa shape index (κ2) is 8.36. The molecule has 2 aromatic carbocycles. The fraction of sp³-hybridized carbons (Fsp3) is 0.350. The molecule has 0 aromatic heterocycles. The molecule has 0 radical (unpaired) electrons. The van der Waals surface area contributed by atoms with Crippen LogP contribution in [0.2, 0.25) is 0 Å². The number of carbonyl (C=O) groups excluding carboxylic acids is 1. The van der Waals surface area contributed by atoms with Gasteiger partial charge in [-0.3, -0.25) is 4.79 Å². The average Bonchev–Trinajstić information content (AvgIpc) is 2.66. The first-order valence-corrected chi connectivity index (χ1v) is 8.75. The van der Waals surface area contributed by atoms with Gasteiger partial charge in [0.25, 0.3) is 5.91 Å². The van der Waals surface area contributed by atoms with Gasteiger partial charge in [0.2, 0.25) is 0 Å². The quantitative estimate of drug-likeness (QED) is 0.823. The topological polar surface area (TPSA) is 32.3 Å². The van der Waals surface area contributed by atoms with Gasteiger partial charge in [-0.25, -0.2) is 13.2 Å². The van der Waals surface area contributed by atoms with Gasteiger partial charge in [-0.1, -0.05) is 30.3 Å². The minimum atomic E-state index is -1.45. The molecule has 1 fully saturated rings. The van der Waals surface area contributed by atoms with Crippen LogP contribution in [0.5, 0.6) is 0 Å². The van der Waals surface area contributed by atoms with Gasteiger partial charge in [-0.15, -0.1) is 0 Å². The molecule has 0 spiro atoms. The monoisotopic (exact) mass is 362 g/mol. The molecule has 0 bridgehead atoms. The summed E-state index contributed by atoms with van der Waals surface area (Å²) in [6.07, 6.45) is 2.07. The smallest absolute Gasteiger partial charge is 0.257 e. The first kappa shape index (κ1) is 18.5. The molecule has 1 heterocycles. The van der Waals surface area contributed by atoms with Crippen molar-refractivity contribution in [1.82, 2.24) is 10.2 Å². The van der Waals surface area contributed by atoms with E-state index in [9.17, 15) is 18.0 Å². The van der Waals surface area contributed by atoms with E-state index in [0.717, 1.165) is 32.0 Å². The van der Waals surface area contributed by atoms with Crippen molar-refractivity contribution in [2.24, 2.45) is 0 Å². The molecule has 1 N–H and O–H groups in total. The van der Waals surface area contributed by atoms with Crippen LogP contribution in [0.4, 0.5) is 13.2 Å². The third-order valence-electron chi connectivity index (χ3n) is 4.84. The molecule has 1 amide bonds. The number of nitrogens with zero attached hydrogens (tertiary/aromatic N) is 1. The van der Waals surface area contributed by atoms with Crippen molar-refractivity contribution in [3.8, 4) is 0 Å². The molecule has 1 aliphatic heterocycles. The van der Waals surface area contributed by atoms with E-state index in [-0.39, 0.29) is 6.54 Å². The third-order valence-corrected chi connectivity index (χ3v) is 4.84. The Bertz CT molecular complexity index is 759. The highest BCUT2D eigenvalue weighted by molar-refractivity contribution is 5.94. The molecule has 2 aromatic rings. The molecule has 138 valence electrons. The maximum atomic E-state index is 13.6. The standard InChI is InChI=1S/C20H21F3N2O/c21-16-6-7-17(22)19(23)18(16)20(26)24-10-13-25-11-8-15(9-12-25)14-4-2-1-3-5-14/h1-7,15H,8-13H2,(H,24,26). The Morgan fingerprint density at radius 3 is 2.35 bits per heavy atom. The van der Waals surface area contributed by atoms with Crippen molar-refractivity contribution in [2.75, 3.05) is 26.2 Å². The van der Waals surface area contributed by atoms with Gasteiger partial charge in [0, 0.05) is 13.1 Å². The number of halogens is 3. The number of piperidine rings is 1. The molecular formula is C20H21F3N2O. The Labute approximate surface area is 150 Å². The molecule has 6 heteroatoms. The minimum Gasteiger partial charge on any atom is -0.351 e. The largest absolute Gasteiger partial charge is 0.351 e. The highest BCUT2D eigenvalue weighted by Crippen LogP contribution is 2.27. The summed E-state index contributed by atoms with van der Waals surface area (Å²) in [7, 11) is 0. The first-order valence-electron chi connectivity index (χ1n) is 8.75. The Kier molecular flexibility index (Phi) is 5.93. The van der Waals surface area contributed by atoms with Gasteiger partial charge < -0.3 is 10.2 Å². The summed E-state index contributed by atoms with van der Waals surface area (Å²) in [5.74, 6) is -4.15. The molecule has 1 aliphatic rings. The lowest BCUT2D eigenvalue weighted by atomic mass is 9.89. The van der Waals surface area contributed by atoms with E-state index in [1.165, 1.54) is 5.56 Å². The van der Waals surface area contributed by atoms with Crippen LogP contribution in [0.3, 0.4) is 0 Å². The van der Waals surface area contributed by atoms with Crippen LogP contribution in [0, 0.1) is 17.5 Å². The SMILES string of the molecule is O=C(NCCN1CCC(c2ccccc2)CC1)c1c(F)ccc(F)c1F. The lowest BCUT2D eigenvalue weighted by molar-refractivity contribution is 0.0936.